The highest BCUT2D eigenvalue weighted by Gasteiger charge is 2.28. The van der Waals surface area contributed by atoms with Crippen molar-refractivity contribution in [1.29, 1.82) is 0 Å². The van der Waals surface area contributed by atoms with Crippen LogP contribution in [0.3, 0.4) is 0 Å². The molecule has 6 heteroatoms. The monoisotopic (exact) mass is 307 g/mol. The second kappa shape index (κ2) is 8.56. The molecule has 1 aromatic heterocycles. The third-order valence-corrected chi connectivity index (χ3v) is 3.99. The molecule has 6 nitrogen and oxygen atoms in total. The maximum Gasteiger partial charge on any atom is 0.307 e. The standard InChI is InChI=1S/C16H25N3O3/c1-2-22-16(21)13-14-7-3-4-12-19(14)15(20)8-5-10-18-11-6-9-17-18/h6,9,11,14H,2-5,7-8,10,12-13H2,1H3/t14-/m1/s1. The second-order valence-electron chi connectivity index (χ2n) is 5.62. The average Bonchev–Trinajstić information content (AvgIpc) is 3.01. The summed E-state index contributed by atoms with van der Waals surface area (Å²) in [6.07, 6.45) is 8.20. The number of aromatic nitrogens is 2. The van der Waals surface area contributed by atoms with Gasteiger partial charge in [-0.15, -0.1) is 0 Å². The van der Waals surface area contributed by atoms with Gasteiger partial charge in [0.2, 0.25) is 5.91 Å². The Morgan fingerprint density at radius 2 is 2.23 bits per heavy atom. The van der Waals surface area contributed by atoms with E-state index in [0.29, 0.717) is 19.4 Å². The van der Waals surface area contributed by atoms with Crippen LogP contribution in [0.4, 0.5) is 0 Å². The number of carbonyl (C=O) groups excluding carboxylic acids is 2. The summed E-state index contributed by atoms with van der Waals surface area (Å²) in [6.45, 7) is 3.69. The number of hydrogen-bond donors (Lipinski definition) is 0. The Kier molecular flexibility index (Phi) is 6.43. The molecule has 0 saturated carbocycles. The molecule has 0 unspecified atom stereocenters. The molecule has 2 rings (SSSR count). The minimum absolute atomic E-state index is 0.00463. The van der Waals surface area contributed by atoms with Gasteiger partial charge in [-0.2, -0.15) is 5.10 Å². The van der Waals surface area contributed by atoms with Crippen LogP contribution < -0.4 is 0 Å². The first-order chi connectivity index (χ1) is 10.7. The smallest absolute Gasteiger partial charge is 0.307 e. The fourth-order valence-corrected chi connectivity index (χ4v) is 2.92. The number of esters is 1. The number of ether oxygens (including phenoxy) is 1. The lowest BCUT2D eigenvalue weighted by Crippen LogP contribution is -2.44. The first-order valence-electron chi connectivity index (χ1n) is 8.13. The average molecular weight is 307 g/mol. The van der Waals surface area contributed by atoms with Crippen LogP contribution in [-0.4, -0.2) is 45.8 Å². The molecule has 1 aromatic rings. The molecule has 0 radical (unpaired) electrons. The van der Waals surface area contributed by atoms with Gasteiger partial charge in [-0.3, -0.25) is 14.3 Å². The highest BCUT2D eigenvalue weighted by atomic mass is 16.5. The van der Waals surface area contributed by atoms with Crippen molar-refractivity contribution in [2.45, 2.75) is 58.0 Å². The number of nitrogens with zero attached hydrogens (tertiary/aromatic N) is 3. The fraction of sp³-hybridized carbons (Fsp3) is 0.688. The molecule has 0 aliphatic carbocycles. The van der Waals surface area contributed by atoms with E-state index in [9.17, 15) is 9.59 Å². The third kappa shape index (κ3) is 4.86. The third-order valence-electron chi connectivity index (χ3n) is 3.99. The van der Waals surface area contributed by atoms with E-state index >= 15 is 0 Å². The molecule has 1 atom stereocenters. The molecule has 1 saturated heterocycles. The first kappa shape index (κ1) is 16.5. The van der Waals surface area contributed by atoms with Crippen molar-refractivity contribution < 1.29 is 14.3 Å². The highest BCUT2D eigenvalue weighted by Crippen LogP contribution is 2.21. The van der Waals surface area contributed by atoms with Gasteiger partial charge in [0.05, 0.1) is 13.0 Å². The van der Waals surface area contributed by atoms with Gasteiger partial charge >= 0.3 is 5.97 Å². The zero-order valence-corrected chi connectivity index (χ0v) is 13.2. The van der Waals surface area contributed by atoms with Crippen molar-refractivity contribution >= 4 is 11.9 Å². The zero-order chi connectivity index (χ0) is 15.8. The summed E-state index contributed by atoms with van der Waals surface area (Å²) in [5, 5.41) is 4.13. The molecule has 1 amide bonds. The molecule has 0 bridgehead atoms. The Labute approximate surface area is 131 Å². The molecule has 1 fully saturated rings. The van der Waals surface area contributed by atoms with Gasteiger partial charge in [0.1, 0.15) is 0 Å². The summed E-state index contributed by atoms with van der Waals surface area (Å²) in [5.74, 6) is -0.0649. The number of piperidine rings is 1. The summed E-state index contributed by atoms with van der Waals surface area (Å²) in [7, 11) is 0. The SMILES string of the molecule is CCOC(=O)C[C@H]1CCCCN1C(=O)CCCn1cccn1. The fourth-order valence-electron chi connectivity index (χ4n) is 2.92. The van der Waals surface area contributed by atoms with Gasteiger partial charge in [0.15, 0.2) is 0 Å². The van der Waals surface area contributed by atoms with Gasteiger partial charge < -0.3 is 9.64 Å². The summed E-state index contributed by atoms with van der Waals surface area (Å²) in [4.78, 5) is 26.0. The quantitative estimate of drug-likeness (QED) is 0.723. The highest BCUT2D eigenvalue weighted by molar-refractivity contribution is 5.78. The first-order valence-corrected chi connectivity index (χ1v) is 8.13. The predicted octanol–water partition coefficient (Wildman–Crippen LogP) is 2.00. The Morgan fingerprint density at radius 3 is 2.95 bits per heavy atom. The molecule has 0 N–H and O–H groups in total. The normalized spacial score (nSPS) is 18.2. The van der Waals surface area contributed by atoms with E-state index in [2.05, 4.69) is 5.10 Å². The molecule has 22 heavy (non-hydrogen) atoms. The van der Waals surface area contributed by atoms with Crippen molar-refractivity contribution in [3.63, 3.8) is 0 Å². The van der Waals surface area contributed by atoms with Crippen LogP contribution in [0.1, 0.15) is 45.4 Å². The van der Waals surface area contributed by atoms with E-state index < -0.39 is 0 Å². The van der Waals surface area contributed by atoms with Crippen LogP contribution in [0.25, 0.3) is 0 Å². The van der Waals surface area contributed by atoms with Crippen molar-refractivity contribution in [1.82, 2.24) is 14.7 Å². The lowest BCUT2D eigenvalue weighted by Gasteiger charge is -2.35. The molecule has 0 spiro atoms. The van der Waals surface area contributed by atoms with Gasteiger partial charge in [-0.1, -0.05) is 0 Å². The minimum atomic E-state index is -0.205. The van der Waals surface area contributed by atoms with Gasteiger partial charge in [0.25, 0.3) is 0 Å². The van der Waals surface area contributed by atoms with Crippen molar-refractivity contribution in [2.24, 2.45) is 0 Å². The molecular formula is C16H25N3O3. The summed E-state index contributed by atoms with van der Waals surface area (Å²) >= 11 is 0. The van der Waals surface area contributed by atoms with E-state index in [-0.39, 0.29) is 17.9 Å². The van der Waals surface area contributed by atoms with Crippen LogP contribution in [0.15, 0.2) is 18.5 Å². The number of carbonyl (C=O) groups is 2. The number of likely N-dealkylation sites (tertiary alicyclic amines) is 1. The Morgan fingerprint density at radius 1 is 1.36 bits per heavy atom. The zero-order valence-electron chi connectivity index (χ0n) is 13.2. The molecule has 0 aromatic carbocycles. The van der Waals surface area contributed by atoms with Gasteiger partial charge in [-0.05, 0) is 38.7 Å². The number of rotatable bonds is 7. The number of amides is 1. The maximum absolute atomic E-state index is 12.4. The lowest BCUT2D eigenvalue weighted by atomic mass is 9.98. The number of hydrogen-bond acceptors (Lipinski definition) is 4. The second-order valence-corrected chi connectivity index (χ2v) is 5.62. The van der Waals surface area contributed by atoms with Crippen molar-refractivity contribution in [2.75, 3.05) is 13.2 Å². The molecule has 2 heterocycles. The topological polar surface area (TPSA) is 64.4 Å². The molecular weight excluding hydrogens is 282 g/mol. The maximum atomic E-state index is 12.4. The Balaban J connectivity index is 1.80. The van der Waals surface area contributed by atoms with E-state index in [1.54, 1.807) is 13.1 Å². The molecule has 1 aliphatic rings. The predicted molar refractivity (Wildman–Crippen MR) is 82.1 cm³/mol. The van der Waals surface area contributed by atoms with Crippen molar-refractivity contribution in [3.8, 4) is 0 Å². The molecule has 1 aliphatic heterocycles. The van der Waals surface area contributed by atoms with Crippen LogP contribution in [0.2, 0.25) is 0 Å². The Hall–Kier alpha value is -1.85. The van der Waals surface area contributed by atoms with Crippen LogP contribution in [-0.2, 0) is 20.9 Å². The summed E-state index contributed by atoms with van der Waals surface area (Å²) in [6, 6.07) is 1.88. The lowest BCUT2D eigenvalue weighted by molar-refractivity contribution is -0.146. The summed E-state index contributed by atoms with van der Waals surface area (Å²) < 4.78 is 6.85. The minimum Gasteiger partial charge on any atom is -0.466 e. The Bertz CT molecular complexity index is 473. The van der Waals surface area contributed by atoms with Crippen LogP contribution >= 0.6 is 0 Å². The van der Waals surface area contributed by atoms with Gasteiger partial charge in [-0.25, -0.2) is 0 Å². The van der Waals surface area contributed by atoms with E-state index in [1.165, 1.54) is 0 Å². The van der Waals surface area contributed by atoms with E-state index in [4.69, 9.17) is 4.74 Å². The van der Waals surface area contributed by atoms with E-state index in [1.807, 2.05) is 21.8 Å². The van der Waals surface area contributed by atoms with E-state index in [0.717, 1.165) is 38.8 Å². The number of aryl methyl sites for hydroxylation is 1. The van der Waals surface area contributed by atoms with Crippen LogP contribution in [0, 0.1) is 0 Å². The van der Waals surface area contributed by atoms with Crippen LogP contribution in [0.5, 0.6) is 0 Å². The largest absolute Gasteiger partial charge is 0.466 e. The summed E-state index contributed by atoms with van der Waals surface area (Å²) in [5.41, 5.74) is 0. The molecule has 122 valence electrons. The van der Waals surface area contributed by atoms with Crippen molar-refractivity contribution in [3.05, 3.63) is 18.5 Å². The van der Waals surface area contributed by atoms with Gasteiger partial charge in [0, 0.05) is 37.9 Å².